The monoisotopic (exact) mass is 480 g/mol. The van der Waals surface area contributed by atoms with Gasteiger partial charge in [0, 0.05) is 17.6 Å². The van der Waals surface area contributed by atoms with Crippen LogP contribution in [0.15, 0.2) is 57.9 Å². The number of nitrogens with one attached hydrogen (secondary N) is 1. The van der Waals surface area contributed by atoms with Crippen LogP contribution in [0, 0.1) is 0 Å². The fourth-order valence-electron chi connectivity index (χ4n) is 3.34. The molecule has 2 aromatic carbocycles. The number of hydrogen-bond donors (Lipinski definition) is 1. The van der Waals surface area contributed by atoms with Gasteiger partial charge in [-0.1, -0.05) is 28.1 Å². The number of sulfonamides is 1. The van der Waals surface area contributed by atoms with Crippen LogP contribution in [0.5, 0.6) is 5.75 Å². The second-order valence-electron chi connectivity index (χ2n) is 6.88. The van der Waals surface area contributed by atoms with Gasteiger partial charge < -0.3 is 10.1 Å². The predicted molar refractivity (Wildman–Crippen MR) is 115 cm³/mol. The highest BCUT2D eigenvalue weighted by Crippen LogP contribution is 2.26. The smallest absolute Gasteiger partial charge is 0.244 e. The summed E-state index contributed by atoms with van der Waals surface area (Å²) in [4.78, 5) is 12.8. The number of rotatable bonds is 7. The van der Waals surface area contributed by atoms with E-state index in [1.807, 2.05) is 31.2 Å². The molecule has 1 aliphatic heterocycles. The van der Waals surface area contributed by atoms with Gasteiger partial charge in [-0.3, -0.25) is 4.79 Å². The Morgan fingerprint density at radius 2 is 1.79 bits per heavy atom. The minimum absolute atomic E-state index is 0.114. The van der Waals surface area contributed by atoms with Crippen molar-refractivity contribution in [2.24, 2.45) is 0 Å². The lowest BCUT2D eigenvalue weighted by Crippen LogP contribution is -2.48. The highest BCUT2D eigenvalue weighted by atomic mass is 79.9. The molecule has 8 heteroatoms. The molecule has 0 unspecified atom stereocenters. The van der Waals surface area contributed by atoms with Crippen molar-refractivity contribution in [1.82, 2.24) is 9.62 Å². The first-order valence-corrected chi connectivity index (χ1v) is 11.9. The molecule has 0 aliphatic carbocycles. The van der Waals surface area contributed by atoms with E-state index in [1.165, 1.54) is 4.31 Å². The van der Waals surface area contributed by atoms with Crippen LogP contribution in [0.1, 0.15) is 31.7 Å². The summed E-state index contributed by atoms with van der Waals surface area (Å²) in [5, 5.41) is 2.85. The van der Waals surface area contributed by atoms with Gasteiger partial charge in [0.25, 0.3) is 0 Å². The Morgan fingerprint density at radius 1 is 1.10 bits per heavy atom. The molecule has 1 fully saturated rings. The number of ether oxygens (including phenoxy) is 1. The zero-order valence-electron chi connectivity index (χ0n) is 16.3. The largest absolute Gasteiger partial charge is 0.494 e. The lowest BCUT2D eigenvalue weighted by atomic mass is 10.1. The summed E-state index contributed by atoms with van der Waals surface area (Å²) in [5.41, 5.74) is 0.797. The highest BCUT2D eigenvalue weighted by molar-refractivity contribution is 9.10. The van der Waals surface area contributed by atoms with Crippen LogP contribution in [-0.4, -0.2) is 37.8 Å². The van der Waals surface area contributed by atoms with E-state index in [4.69, 9.17) is 4.74 Å². The van der Waals surface area contributed by atoms with Gasteiger partial charge in [-0.25, -0.2) is 8.42 Å². The molecule has 0 radical (unpaired) electrons. The van der Waals surface area contributed by atoms with Crippen molar-refractivity contribution in [2.75, 3.05) is 13.2 Å². The van der Waals surface area contributed by atoms with E-state index in [2.05, 4.69) is 21.2 Å². The summed E-state index contributed by atoms with van der Waals surface area (Å²) in [6.45, 7) is 3.16. The lowest BCUT2D eigenvalue weighted by Gasteiger charge is -2.29. The van der Waals surface area contributed by atoms with Gasteiger partial charge in [0.05, 0.1) is 11.5 Å². The summed E-state index contributed by atoms with van der Waals surface area (Å²) in [5.74, 6) is 0.486. The maximum absolute atomic E-state index is 13.5. The van der Waals surface area contributed by atoms with Gasteiger partial charge in [-0.15, -0.1) is 0 Å². The third-order valence-electron chi connectivity index (χ3n) is 4.85. The van der Waals surface area contributed by atoms with Crippen LogP contribution >= 0.6 is 15.9 Å². The van der Waals surface area contributed by atoms with Crippen LogP contribution < -0.4 is 10.1 Å². The van der Waals surface area contributed by atoms with Crippen molar-refractivity contribution in [1.29, 1.82) is 0 Å². The molecule has 1 heterocycles. The molecule has 0 spiro atoms. The number of hydrogen-bond acceptors (Lipinski definition) is 4. The average Bonchev–Trinajstić information content (AvgIpc) is 2.92. The van der Waals surface area contributed by atoms with E-state index in [0.29, 0.717) is 19.6 Å². The standard InChI is InChI=1S/C21H25BrN2O4S/c1-2-28-18-10-6-16(7-11-18)15-24(20-5-3-4-14-23-21(20)25)29(26,27)19-12-8-17(22)9-13-19/h6-13,20H,2-5,14-15H2,1H3,(H,23,25)/t20-/m0/s1. The second kappa shape index (κ2) is 9.73. The van der Waals surface area contributed by atoms with Crippen molar-refractivity contribution >= 4 is 31.9 Å². The number of halogens is 1. The van der Waals surface area contributed by atoms with Gasteiger partial charge in [-0.05, 0) is 68.1 Å². The Morgan fingerprint density at radius 3 is 2.45 bits per heavy atom. The molecular weight excluding hydrogens is 456 g/mol. The van der Waals surface area contributed by atoms with Crippen molar-refractivity contribution < 1.29 is 17.9 Å². The topological polar surface area (TPSA) is 75.7 Å². The van der Waals surface area contributed by atoms with E-state index in [9.17, 15) is 13.2 Å². The van der Waals surface area contributed by atoms with Crippen molar-refractivity contribution in [3.05, 3.63) is 58.6 Å². The van der Waals surface area contributed by atoms with Crippen LogP contribution in [0.4, 0.5) is 0 Å². The van der Waals surface area contributed by atoms with E-state index >= 15 is 0 Å². The number of carbonyl (C=O) groups is 1. The first-order valence-electron chi connectivity index (χ1n) is 9.68. The molecule has 29 heavy (non-hydrogen) atoms. The highest BCUT2D eigenvalue weighted by Gasteiger charge is 2.36. The fourth-order valence-corrected chi connectivity index (χ4v) is 5.21. The van der Waals surface area contributed by atoms with Crippen LogP contribution in [0.2, 0.25) is 0 Å². The zero-order chi connectivity index (χ0) is 20.9. The maximum atomic E-state index is 13.5. The van der Waals surface area contributed by atoms with Gasteiger partial charge in [0.1, 0.15) is 11.8 Å². The molecule has 0 aromatic heterocycles. The fraction of sp³-hybridized carbons (Fsp3) is 0.381. The summed E-state index contributed by atoms with van der Waals surface area (Å²) in [6.07, 6.45) is 2.13. The zero-order valence-corrected chi connectivity index (χ0v) is 18.7. The molecule has 1 saturated heterocycles. The number of benzene rings is 2. The molecule has 1 atom stereocenters. The van der Waals surface area contributed by atoms with E-state index in [1.54, 1.807) is 24.3 Å². The Balaban J connectivity index is 1.96. The third kappa shape index (κ3) is 5.38. The van der Waals surface area contributed by atoms with Crippen LogP contribution in [0.3, 0.4) is 0 Å². The minimum atomic E-state index is -3.86. The summed E-state index contributed by atoms with van der Waals surface area (Å²) < 4.78 is 34.5. The van der Waals surface area contributed by atoms with Crippen LogP contribution in [0.25, 0.3) is 0 Å². The third-order valence-corrected chi connectivity index (χ3v) is 7.24. The molecular formula is C21H25BrN2O4S. The van der Waals surface area contributed by atoms with E-state index in [-0.39, 0.29) is 17.3 Å². The molecule has 0 saturated carbocycles. The molecule has 1 N–H and O–H groups in total. The lowest BCUT2D eigenvalue weighted by molar-refractivity contribution is -0.124. The quantitative estimate of drug-likeness (QED) is 0.655. The van der Waals surface area contributed by atoms with Gasteiger partial charge in [0.15, 0.2) is 0 Å². The number of carbonyl (C=O) groups excluding carboxylic acids is 1. The SMILES string of the molecule is CCOc1ccc(CN([C@H]2CCCCNC2=O)S(=O)(=O)c2ccc(Br)cc2)cc1. The van der Waals surface area contributed by atoms with E-state index in [0.717, 1.165) is 28.6 Å². The molecule has 2 aromatic rings. The molecule has 0 bridgehead atoms. The summed E-state index contributed by atoms with van der Waals surface area (Å²) in [7, 11) is -3.86. The van der Waals surface area contributed by atoms with E-state index < -0.39 is 16.1 Å². The van der Waals surface area contributed by atoms with Gasteiger partial charge in [-0.2, -0.15) is 4.31 Å². The second-order valence-corrected chi connectivity index (χ2v) is 9.69. The maximum Gasteiger partial charge on any atom is 0.244 e. The van der Waals surface area contributed by atoms with Crippen molar-refractivity contribution in [3.63, 3.8) is 0 Å². The summed E-state index contributed by atoms with van der Waals surface area (Å²) >= 11 is 3.33. The summed E-state index contributed by atoms with van der Waals surface area (Å²) in [6, 6.07) is 13.1. The first-order chi connectivity index (χ1) is 13.9. The number of amides is 1. The Hall–Kier alpha value is -1.90. The first kappa shape index (κ1) is 21.8. The molecule has 1 aliphatic rings. The normalized spacial score (nSPS) is 17.6. The molecule has 156 valence electrons. The van der Waals surface area contributed by atoms with Gasteiger partial charge >= 0.3 is 0 Å². The van der Waals surface area contributed by atoms with Crippen molar-refractivity contribution in [2.45, 2.75) is 43.7 Å². The Kier molecular flexibility index (Phi) is 7.32. The molecule has 3 rings (SSSR count). The predicted octanol–water partition coefficient (Wildman–Crippen LogP) is 3.71. The molecule has 1 amide bonds. The average molecular weight is 481 g/mol. The minimum Gasteiger partial charge on any atom is -0.494 e. The molecule has 6 nitrogen and oxygen atoms in total. The van der Waals surface area contributed by atoms with Crippen LogP contribution in [-0.2, 0) is 21.4 Å². The van der Waals surface area contributed by atoms with Gasteiger partial charge in [0.2, 0.25) is 15.9 Å². The Bertz CT molecular complexity index is 930. The van der Waals surface area contributed by atoms with Crippen molar-refractivity contribution in [3.8, 4) is 5.75 Å². The number of nitrogens with zero attached hydrogens (tertiary/aromatic N) is 1. The Labute approximate surface area is 180 Å².